The van der Waals surface area contributed by atoms with Crippen LogP contribution in [0, 0.1) is 6.92 Å². The van der Waals surface area contributed by atoms with E-state index in [1.165, 1.54) is 11.1 Å². The molecule has 0 aliphatic rings. The Labute approximate surface area is 208 Å². The highest BCUT2D eigenvalue weighted by molar-refractivity contribution is 5.99. The summed E-state index contributed by atoms with van der Waals surface area (Å²) in [4.78, 5) is 25.4. The van der Waals surface area contributed by atoms with Crippen LogP contribution in [0.2, 0.25) is 0 Å². The number of nitrogens with one attached hydrogen (secondary N) is 1. The van der Waals surface area contributed by atoms with Gasteiger partial charge in [0.25, 0.3) is 0 Å². The lowest BCUT2D eigenvalue weighted by molar-refractivity contribution is -0.121. The van der Waals surface area contributed by atoms with Crippen molar-refractivity contribution in [1.29, 1.82) is 0 Å². The zero-order valence-electron chi connectivity index (χ0n) is 20.9. The minimum Gasteiger partial charge on any atom is -0.490 e. The van der Waals surface area contributed by atoms with E-state index in [0.717, 1.165) is 12.0 Å². The minimum absolute atomic E-state index is 0.0758. The van der Waals surface area contributed by atoms with Crippen molar-refractivity contribution in [3.63, 3.8) is 0 Å². The van der Waals surface area contributed by atoms with Crippen LogP contribution >= 0.6 is 0 Å². The second kappa shape index (κ2) is 13.3. The molecule has 1 amide bonds. The molecule has 0 bridgehead atoms. The van der Waals surface area contributed by atoms with Crippen molar-refractivity contribution in [2.24, 2.45) is 0 Å². The van der Waals surface area contributed by atoms with Crippen LogP contribution in [0.1, 0.15) is 66.1 Å². The summed E-state index contributed by atoms with van der Waals surface area (Å²) in [6.07, 6.45) is 1.08. The lowest BCUT2D eigenvalue weighted by Crippen LogP contribution is -2.26. The summed E-state index contributed by atoms with van der Waals surface area (Å²) < 4.78 is 11.3. The number of benzene rings is 3. The van der Waals surface area contributed by atoms with E-state index in [1.807, 2.05) is 63.2 Å². The van der Waals surface area contributed by atoms with Crippen molar-refractivity contribution in [3.05, 3.63) is 95.1 Å². The van der Waals surface area contributed by atoms with Crippen LogP contribution in [0.4, 0.5) is 0 Å². The largest absolute Gasteiger partial charge is 0.490 e. The first kappa shape index (κ1) is 26.0. The number of aryl methyl sites for hydroxylation is 1. The number of Topliss-reactive ketones (excluding diaryl/α,β-unsaturated/α-hetero) is 1. The minimum atomic E-state index is -0.119. The van der Waals surface area contributed by atoms with Crippen LogP contribution in [-0.4, -0.2) is 31.4 Å². The van der Waals surface area contributed by atoms with E-state index < -0.39 is 0 Å². The molecule has 0 aromatic heterocycles. The molecule has 0 fully saturated rings. The summed E-state index contributed by atoms with van der Waals surface area (Å²) in [6, 6.07) is 24.2. The predicted molar refractivity (Wildman–Crippen MR) is 139 cm³/mol. The fourth-order valence-electron chi connectivity index (χ4n) is 4.20. The highest BCUT2D eigenvalue weighted by Crippen LogP contribution is 2.32. The molecule has 3 aromatic rings. The number of hydrogen-bond acceptors (Lipinski definition) is 4. The summed E-state index contributed by atoms with van der Waals surface area (Å²) in [5.74, 6) is 1.19. The SMILES string of the molecule is CCOc1cc(C)c(C(=O)CCC(=O)NCCC(c2ccccc2)c2ccccc2)cc1OCC. The van der Waals surface area contributed by atoms with Gasteiger partial charge in [0.2, 0.25) is 5.91 Å². The zero-order chi connectivity index (χ0) is 25.0. The van der Waals surface area contributed by atoms with Gasteiger partial charge in [-0.2, -0.15) is 0 Å². The molecule has 0 saturated heterocycles. The van der Waals surface area contributed by atoms with Crippen molar-refractivity contribution in [2.45, 2.75) is 46.0 Å². The smallest absolute Gasteiger partial charge is 0.220 e. The Morgan fingerprint density at radius 2 is 1.34 bits per heavy atom. The Hall–Kier alpha value is -3.60. The number of ether oxygens (including phenoxy) is 2. The summed E-state index contributed by atoms with van der Waals surface area (Å²) in [5.41, 5.74) is 3.83. The van der Waals surface area contributed by atoms with Crippen LogP contribution in [0.5, 0.6) is 11.5 Å². The van der Waals surface area contributed by atoms with E-state index in [2.05, 4.69) is 29.6 Å². The van der Waals surface area contributed by atoms with Gasteiger partial charge in [0.05, 0.1) is 13.2 Å². The third kappa shape index (κ3) is 7.44. The van der Waals surface area contributed by atoms with Crippen LogP contribution in [0.15, 0.2) is 72.8 Å². The molecule has 0 saturated carbocycles. The molecule has 35 heavy (non-hydrogen) atoms. The van der Waals surface area contributed by atoms with Gasteiger partial charge in [-0.05, 0) is 56.0 Å². The Kier molecular flexibility index (Phi) is 9.91. The van der Waals surface area contributed by atoms with Crippen LogP contribution < -0.4 is 14.8 Å². The number of carbonyl (C=O) groups excluding carboxylic acids is 2. The molecule has 1 N–H and O–H groups in total. The topological polar surface area (TPSA) is 64.6 Å². The monoisotopic (exact) mass is 473 g/mol. The second-order valence-electron chi connectivity index (χ2n) is 8.42. The highest BCUT2D eigenvalue weighted by atomic mass is 16.5. The van der Waals surface area contributed by atoms with Gasteiger partial charge >= 0.3 is 0 Å². The summed E-state index contributed by atoms with van der Waals surface area (Å²) in [6.45, 7) is 7.21. The maximum Gasteiger partial charge on any atom is 0.220 e. The molecule has 0 heterocycles. The van der Waals surface area contributed by atoms with E-state index in [0.29, 0.717) is 36.8 Å². The van der Waals surface area contributed by atoms with Crippen molar-refractivity contribution < 1.29 is 19.1 Å². The molecule has 184 valence electrons. The average molecular weight is 474 g/mol. The Morgan fingerprint density at radius 1 is 0.800 bits per heavy atom. The average Bonchev–Trinajstić information content (AvgIpc) is 2.88. The van der Waals surface area contributed by atoms with Crippen molar-refractivity contribution >= 4 is 11.7 Å². The van der Waals surface area contributed by atoms with E-state index in [4.69, 9.17) is 9.47 Å². The fraction of sp³-hybridized carbons (Fsp3) is 0.333. The van der Waals surface area contributed by atoms with Gasteiger partial charge in [0, 0.05) is 30.9 Å². The Bertz CT molecular complexity index is 1060. The maximum absolute atomic E-state index is 12.9. The van der Waals surface area contributed by atoms with E-state index in [-0.39, 0.29) is 30.4 Å². The fourth-order valence-corrected chi connectivity index (χ4v) is 4.20. The first-order chi connectivity index (χ1) is 17.0. The summed E-state index contributed by atoms with van der Waals surface area (Å²) in [7, 11) is 0. The molecule has 0 atom stereocenters. The third-order valence-corrected chi connectivity index (χ3v) is 5.93. The van der Waals surface area contributed by atoms with Gasteiger partial charge in [-0.15, -0.1) is 0 Å². The molecule has 0 radical (unpaired) electrons. The van der Waals surface area contributed by atoms with Gasteiger partial charge in [-0.1, -0.05) is 60.7 Å². The zero-order valence-corrected chi connectivity index (χ0v) is 20.9. The number of amides is 1. The standard InChI is InChI=1S/C30H35NO4/c1-4-34-28-20-22(3)26(21-29(28)35-5-2)27(32)16-17-30(33)31-19-18-25(23-12-8-6-9-13-23)24-14-10-7-11-15-24/h6-15,20-21,25H,4-5,16-19H2,1-3H3,(H,31,33). The van der Waals surface area contributed by atoms with Gasteiger partial charge in [-0.3, -0.25) is 9.59 Å². The lowest BCUT2D eigenvalue weighted by Gasteiger charge is -2.18. The molecule has 3 aromatic carbocycles. The summed E-state index contributed by atoms with van der Waals surface area (Å²) in [5, 5.41) is 3.00. The molecule has 0 aliphatic carbocycles. The van der Waals surface area contributed by atoms with E-state index in [1.54, 1.807) is 6.07 Å². The van der Waals surface area contributed by atoms with Crippen molar-refractivity contribution in [1.82, 2.24) is 5.32 Å². The van der Waals surface area contributed by atoms with Gasteiger partial charge in [0.1, 0.15) is 0 Å². The van der Waals surface area contributed by atoms with Crippen molar-refractivity contribution in [3.8, 4) is 11.5 Å². The second-order valence-corrected chi connectivity index (χ2v) is 8.42. The number of rotatable bonds is 13. The molecule has 0 aliphatic heterocycles. The molecule has 3 rings (SSSR count). The van der Waals surface area contributed by atoms with Gasteiger partial charge in [0.15, 0.2) is 17.3 Å². The normalized spacial score (nSPS) is 10.7. The van der Waals surface area contributed by atoms with E-state index >= 15 is 0 Å². The molecule has 5 nitrogen and oxygen atoms in total. The Morgan fingerprint density at radius 3 is 1.89 bits per heavy atom. The predicted octanol–water partition coefficient (Wildman–Crippen LogP) is 6.09. The quantitative estimate of drug-likeness (QED) is 0.305. The molecule has 0 unspecified atom stereocenters. The molecular weight excluding hydrogens is 438 g/mol. The molecule has 5 heteroatoms. The van der Waals surface area contributed by atoms with E-state index in [9.17, 15) is 9.59 Å². The first-order valence-corrected chi connectivity index (χ1v) is 12.3. The number of ketones is 1. The van der Waals surface area contributed by atoms with Gasteiger partial charge < -0.3 is 14.8 Å². The summed E-state index contributed by atoms with van der Waals surface area (Å²) >= 11 is 0. The van der Waals surface area contributed by atoms with Crippen LogP contribution in [0.3, 0.4) is 0 Å². The maximum atomic E-state index is 12.9. The van der Waals surface area contributed by atoms with Crippen LogP contribution in [-0.2, 0) is 4.79 Å². The van der Waals surface area contributed by atoms with Crippen molar-refractivity contribution in [2.75, 3.05) is 19.8 Å². The lowest BCUT2D eigenvalue weighted by atomic mass is 9.88. The highest BCUT2D eigenvalue weighted by Gasteiger charge is 2.17. The third-order valence-electron chi connectivity index (χ3n) is 5.93. The number of hydrogen-bond donors (Lipinski definition) is 1. The molecule has 0 spiro atoms. The van der Waals surface area contributed by atoms with Gasteiger partial charge in [-0.25, -0.2) is 0 Å². The number of carbonyl (C=O) groups is 2. The van der Waals surface area contributed by atoms with Crippen LogP contribution in [0.25, 0.3) is 0 Å². The molecular formula is C30H35NO4. The first-order valence-electron chi connectivity index (χ1n) is 12.3. The Balaban J connectivity index is 1.56.